The van der Waals surface area contributed by atoms with E-state index in [2.05, 4.69) is 17.3 Å². The highest BCUT2D eigenvalue weighted by atomic mass is 19.1. The van der Waals surface area contributed by atoms with Crippen LogP contribution in [0.4, 0.5) is 9.18 Å². The number of unbranched alkanes of at least 4 members (excludes halogenated alkanes) is 1. The summed E-state index contributed by atoms with van der Waals surface area (Å²) in [5, 5.41) is 2.79. The molecule has 1 aromatic heterocycles. The summed E-state index contributed by atoms with van der Waals surface area (Å²) in [6, 6.07) is 11.7. The molecule has 7 heteroatoms. The molecule has 4 rings (SSSR count). The molecule has 31 heavy (non-hydrogen) atoms. The number of likely N-dealkylation sites (tertiary alicyclic amines) is 1. The average Bonchev–Trinajstić information content (AvgIpc) is 3.10. The van der Waals surface area contributed by atoms with Crippen molar-refractivity contribution < 1.29 is 13.6 Å². The van der Waals surface area contributed by atoms with Gasteiger partial charge in [0.1, 0.15) is 5.82 Å². The van der Waals surface area contributed by atoms with Crippen LogP contribution in [0.3, 0.4) is 0 Å². The SMILES string of the molecule is CN1CCC(c2ccc3c(c2)oc(=O)n3C(=O)NCCCCc2ccc(F)cc2)CC1. The smallest absolute Gasteiger partial charge is 0.407 e. The number of halogens is 1. The Hall–Kier alpha value is -2.93. The normalized spacial score (nSPS) is 15.4. The maximum absolute atomic E-state index is 12.9. The quantitative estimate of drug-likeness (QED) is 0.603. The predicted octanol–water partition coefficient (Wildman–Crippen LogP) is 4.12. The van der Waals surface area contributed by atoms with Gasteiger partial charge in [-0.1, -0.05) is 18.2 Å². The summed E-state index contributed by atoms with van der Waals surface area (Å²) in [5.41, 5.74) is 3.16. The first-order valence-corrected chi connectivity index (χ1v) is 10.9. The summed E-state index contributed by atoms with van der Waals surface area (Å²) >= 11 is 0. The summed E-state index contributed by atoms with van der Waals surface area (Å²) in [5.74, 6) is -0.462. The lowest BCUT2D eigenvalue weighted by atomic mass is 9.89. The number of amides is 1. The van der Waals surface area contributed by atoms with Gasteiger partial charge in [-0.25, -0.2) is 14.0 Å². The Morgan fingerprint density at radius 3 is 2.61 bits per heavy atom. The van der Waals surface area contributed by atoms with Gasteiger partial charge in [0.15, 0.2) is 5.58 Å². The summed E-state index contributed by atoms with van der Waals surface area (Å²) in [4.78, 5) is 27.2. The van der Waals surface area contributed by atoms with Crippen molar-refractivity contribution in [1.29, 1.82) is 0 Å². The molecule has 1 N–H and O–H groups in total. The molecule has 0 unspecified atom stereocenters. The number of benzene rings is 2. The fraction of sp³-hybridized carbons (Fsp3) is 0.417. The highest BCUT2D eigenvalue weighted by molar-refractivity contribution is 5.88. The zero-order chi connectivity index (χ0) is 21.8. The Kier molecular flexibility index (Phi) is 6.51. The van der Waals surface area contributed by atoms with Crippen molar-refractivity contribution in [3.63, 3.8) is 0 Å². The van der Waals surface area contributed by atoms with Gasteiger partial charge in [-0.15, -0.1) is 0 Å². The van der Waals surface area contributed by atoms with Gasteiger partial charge >= 0.3 is 11.8 Å². The number of hydrogen-bond donors (Lipinski definition) is 1. The van der Waals surface area contributed by atoms with Crippen molar-refractivity contribution in [3.05, 3.63) is 70.0 Å². The minimum atomic E-state index is -0.667. The number of oxazole rings is 1. The van der Waals surface area contributed by atoms with Gasteiger partial charge in [0.2, 0.25) is 0 Å². The van der Waals surface area contributed by atoms with Crippen LogP contribution in [0.2, 0.25) is 0 Å². The molecular formula is C24H28FN3O3. The molecule has 2 heterocycles. The monoisotopic (exact) mass is 425 g/mol. The Morgan fingerprint density at radius 2 is 1.87 bits per heavy atom. The summed E-state index contributed by atoms with van der Waals surface area (Å²) in [7, 11) is 2.12. The second-order valence-corrected chi connectivity index (χ2v) is 8.32. The fourth-order valence-electron chi connectivity index (χ4n) is 4.20. The van der Waals surface area contributed by atoms with Crippen LogP contribution in [-0.2, 0) is 6.42 Å². The number of piperidine rings is 1. The van der Waals surface area contributed by atoms with Crippen LogP contribution in [0.15, 0.2) is 51.7 Å². The van der Waals surface area contributed by atoms with E-state index >= 15 is 0 Å². The van der Waals surface area contributed by atoms with Gasteiger partial charge < -0.3 is 14.6 Å². The first-order chi connectivity index (χ1) is 15.0. The first kappa shape index (κ1) is 21.3. The molecule has 0 atom stereocenters. The number of aromatic nitrogens is 1. The van der Waals surface area contributed by atoms with E-state index in [-0.39, 0.29) is 5.82 Å². The van der Waals surface area contributed by atoms with E-state index in [4.69, 9.17) is 4.42 Å². The van der Waals surface area contributed by atoms with E-state index in [9.17, 15) is 14.0 Å². The molecule has 3 aromatic rings. The van der Waals surface area contributed by atoms with E-state index in [0.29, 0.717) is 23.6 Å². The number of rotatable bonds is 6. The van der Waals surface area contributed by atoms with Crippen molar-refractivity contribution >= 4 is 17.1 Å². The largest absolute Gasteiger partial charge is 0.428 e. The molecule has 0 saturated carbocycles. The fourth-order valence-corrected chi connectivity index (χ4v) is 4.20. The predicted molar refractivity (Wildman–Crippen MR) is 118 cm³/mol. The second kappa shape index (κ2) is 9.47. The maximum atomic E-state index is 12.9. The molecule has 6 nitrogen and oxygen atoms in total. The lowest BCUT2D eigenvalue weighted by Gasteiger charge is -2.29. The summed E-state index contributed by atoms with van der Waals surface area (Å²) in [6.45, 7) is 2.56. The van der Waals surface area contributed by atoms with Crippen molar-refractivity contribution in [3.8, 4) is 0 Å². The van der Waals surface area contributed by atoms with Crippen LogP contribution in [0, 0.1) is 5.82 Å². The molecule has 1 aliphatic heterocycles. The molecule has 164 valence electrons. The minimum absolute atomic E-state index is 0.243. The molecular weight excluding hydrogens is 397 g/mol. The van der Waals surface area contributed by atoms with Crippen molar-refractivity contribution in [1.82, 2.24) is 14.8 Å². The summed E-state index contributed by atoms with van der Waals surface area (Å²) < 4.78 is 19.4. The van der Waals surface area contributed by atoms with Gasteiger partial charge in [-0.05, 0) is 93.6 Å². The average molecular weight is 426 g/mol. The van der Waals surface area contributed by atoms with Gasteiger partial charge in [-0.3, -0.25) is 0 Å². The van der Waals surface area contributed by atoms with Crippen LogP contribution in [0.25, 0.3) is 11.1 Å². The third-order valence-corrected chi connectivity index (χ3v) is 6.08. The van der Waals surface area contributed by atoms with Gasteiger partial charge in [0, 0.05) is 6.54 Å². The highest BCUT2D eigenvalue weighted by Gasteiger charge is 2.21. The molecule has 0 bridgehead atoms. The molecule has 1 fully saturated rings. The van der Waals surface area contributed by atoms with Gasteiger partial charge in [0.05, 0.1) is 5.52 Å². The standard InChI is InChI=1S/C24H28FN3O3/c1-27-14-11-18(12-15-27)19-7-10-21-22(16-19)31-24(30)28(21)23(29)26-13-3-2-4-17-5-8-20(25)9-6-17/h5-10,16,18H,2-4,11-15H2,1H3,(H,26,29). The Morgan fingerprint density at radius 1 is 1.13 bits per heavy atom. The molecule has 1 aliphatic rings. The van der Waals surface area contributed by atoms with Gasteiger partial charge in [0.25, 0.3) is 0 Å². The van der Waals surface area contributed by atoms with Crippen molar-refractivity contribution in [2.75, 3.05) is 26.7 Å². The topological polar surface area (TPSA) is 67.5 Å². The lowest BCUT2D eigenvalue weighted by Crippen LogP contribution is -2.34. The number of nitrogens with zero attached hydrogens (tertiary/aromatic N) is 2. The third kappa shape index (κ3) is 5.05. The third-order valence-electron chi connectivity index (χ3n) is 6.08. The number of nitrogens with one attached hydrogen (secondary N) is 1. The zero-order valence-electron chi connectivity index (χ0n) is 17.8. The number of aryl methyl sites for hydroxylation is 1. The highest BCUT2D eigenvalue weighted by Crippen LogP contribution is 2.29. The van der Waals surface area contributed by atoms with E-state index in [1.54, 1.807) is 12.1 Å². The van der Waals surface area contributed by atoms with E-state index in [0.717, 1.165) is 60.9 Å². The van der Waals surface area contributed by atoms with Crippen LogP contribution in [-0.4, -0.2) is 42.2 Å². The Balaban J connectivity index is 1.34. The van der Waals surface area contributed by atoms with Crippen LogP contribution in [0.1, 0.15) is 42.7 Å². The van der Waals surface area contributed by atoms with E-state index in [1.807, 2.05) is 18.2 Å². The Bertz CT molecular complexity index is 1100. The van der Waals surface area contributed by atoms with Crippen LogP contribution >= 0.6 is 0 Å². The molecule has 1 saturated heterocycles. The molecule has 1 amide bonds. The van der Waals surface area contributed by atoms with E-state index in [1.165, 1.54) is 12.1 Å². The lowest BCUT2D eigenvalue weighted by molar-refractivity contribution is 0.241. The van der Waals surface area contributed by atoms with Gasteiger partial charge in [-0.2, -0.15) is 4.57 Å². The van der Waals surface area contributed by atoms with Crippen molar-refractivity contribution in [2.24, 2.45) is 0 Å². The van der Waals surface area contributed by atoms with Crippen LogP contribution < -0.4 is 11.1 Å². The maximum Gasteiger partial charge on any atom is 0.428 e. The number of fused-ring (bicyclic) bond motifs is 1. The first-order valence-electron chi connectivity index (χ1n) is 10.9. The summed E-state index contributed by atoms with van der Waals surface area (Å²) in [6.07, 6.45) is 4.57. The Labute approximate surface area is 180 Å². The molecule has 0 radical (unpaired) electrons. The van der Waals surface area contributed by atoms with Crippen molar-refractivity contribution in [2.45, 2.75) is 38.0 Å². The minimum Gasteiger partial charge on any atom is -0.407 e. The molecule has 0 spiro atoms. The second-order valence-electron chi connectivity index (χ2n) is 8.32. The molecule has 2 aromatic carbocycles. The zero-order valence-corrected chi connectivity index (χ0v) is 17.8. The number of carbonyl (C=O) groups excluding carboxylic acids is 1. The number of carbonyl (C=O) groups is 1. The van der Waals surface area contributed by atoms with Crippen LogP contribution in [0.5, 0.6) is 0 Å². The number of hydrogen-bond acceptors (Lipinski definition) is 4. The van der Waals surface area contributed by atoms with E-state index < -0.39 is 11.8 Å². The molecule has 0 aliphatic carbocycles.